The van der Waals surface area contributed by atoms with E-state index in [1.165, 1.54) is 43.3 Å². The Morgan fingerprint density at radius 1 is 1.25 bits per heavy atom. The lowest BCUT2D eigenvalue weighted by atomic mass is 9.77. The predicted octanol–water partition coefficient (Wildman–Crippen LogP) is 1.05. The van der Waals surface area contributed by atoms with Gasteiger partial charge in [-0.1, -0.05) is 25.7 Å². The number of aromatic nitrogens is 4. The second kappa shape index (κ2) is 4.91. The van der Waals surface area contributed by atoms with Crippen molar-refractivity contribution in [2.45, 2.75) is 44.9 Å². The number of aryl methyl sites for hydroxylation is 1. The first-order valence-corrected chi connectivity index (χ1v) is 6.17. The molecule has 5 heteroatoms. The lowest BCUT2D eigenvalue weighted by Crippen LogP contribution is -2.32. The zero-order valence-electron chi connectivity index (χ0n) is 10.0. The first-order valence-electron chi connectivity index (χ1n) is 6.17. The Balaban J connectivity index is 2.08. The molecule has 2 N–H and O–H groups in total. The highest BCUT2D eigenvalue weighted by atomic mass is 15.6. The van der Waals surface area contributed by atoms with Gasteiger partial charge in [0.25, 0.3) is 0 Å². The summed E-state index contributed by atoms with van der Waals surface area (Å²) in [5.74, 6) is 0.842. The van der Waals surface area contributed by atoms with Crippen molar-refractivity contribution in [1.82, 2.24) is 20.2 Å². The van der Waals surface area contributed by atoms with Gasteiger partial charge in [-0.05, 0) is 30.0 Å². The summed E-state index contributed by atoms with van der Waals surface area (Å²) in [4.78, 5) is 1.52. The number of hydrogen-bond donors (Lipinski definition) is 1. The van der Waals surface area contributed by atoms with Gasteiger partial charge in [0.05, 0.1) is 7.05 Å². The Kier molecular flexibility index (Phi) is 3.53. The van der Waals surface area contributed by atoms with Crippen LogP contribution in [-0.4, -0.2) is 26.8 Å². The molecule has 0 aliphatic heterocycles. The maximum Gasteiger partial charge on any atom is 0.175 e. The van der Waals surface area contributed by atoms with Crippen molar-refractivity contribution in [3.63, 3.8) is 0 Å². The van der Waals surface area contributed by atoms with E-state index in [2.05, 4.69) is 15.4 Å². The molecule has 0 saturated heterocycles. The van der Waals surface area contributed by atoms with Crippen LogP contribution in [0.25, 0.3) is 0 Å². The molecular weight excluding hydrogens is 202 g/mol. The summed E-state index contributed by atoms with van der Waals surface area (Å²) in [6.07, 6.45) is 8.57. The summed E-state index contributed by atoms with van der Waals surface area (Å²) in [5.41, 5.74) is 6.20. The first-order chi connectivity index (χ1) is 7.74. The third kappa shape index (κ3) is 2.58. The second-order valence-electron chi connectivity index (χ2n) is 4.99. The molecule has 0 amide bonds. The van der Waals surface area contributed by atoms with Gasteiger partial charge in [0, 0.05) is 6.42 Å². The molecule has 0 unspecified atom stereocenters. The molecule has 5 nitrogen and oxygen atoms in total. The van der Waals surface area contributed by atoms with Crippen LogP contribution in [0.15, 0.2) is 0 Å². The summed E-state index contributed by atoms with van der Waals surface area (Å²) < 4.78 is 0. The van der Waals surface area contributed by atoms with Crippen LogP contribution in [0.1, 0.15) is 44.3 Å². The Morgan fingerprint density at radius 3 is 2.44 bits per heavy atom. The maximum absolute atomic E-state index is 5.98. The minimum Gasteiger partial charge on any atom is -0.330 e. The molecule has 0 bridgehead atoms. The van der Waals surface area contributed by atoms with Gasteiger partial charge in [0.2, 0.25) is 0 Å². The van der Waals surface area contributed by atoms with E-state index >= 15 is 0 Å². The summed E-state index contributed by atoms with van der Waals surface area (Å²) in [7, 11) is 1.80. The van der Waals surface area contributed by atoms with Crippen LogP contribution in [0.5, 0.6) is 0 Å². The summed E-state index contributed by atoms with van der Waals surface area (Å²) in [6.45, 7) is 0.741. The molecule has 1 fully saturated rings. The maximum atomic E-state index is 5.98. The van der Waals surface area contributed by atoms with Gasteiger partial charge < -0.3 is 5.73 Å². The van der Waals surface area contributed by atoms with Crippen LogP contribution >= 0.6 is 0 Å². The number of tetrazole rings is 1. The minimum absolute atomic E-state index is 0.222. The third-order valence-corrected chi connectivity index (χ3v) is 3.68. The summed E-state index contributed by atoms with van der Waals surface area (Å²) in [6, 6.07) is 0. The quantitative estimate of drug-likeness (QED) is 0.778. The van der Waals surface area contributed by atoms with E-state index in [1.54, 1.807) is 7.05 Å². The van der Waals surface area contributed by atoms with Gasteiger partial charge in [0.1, 0.15) is 0 Å². The highest BCUT2D eigenvalue weighted by molar-refractivity contribution is 4.92. The van der Waals surface area contributed by atoms with Gasteiger partial charge in [-0.3, -0.25) is 0 Å². The molecular formula is C11H21N5. The SMILES string of the molecule is Cn1nnc(CC2(CN)CCCCCC2)n1. The molecule has 1 heterocycles. The van der Waals surface area contributed by atoms with Gasteiger partial charge in [-0.25, -0.2) is 0 Å². The van der Waals surface area contributed by atoms with Crippen LogP contribution in [0, 0.1) is 5.41 Å². The first kappa shape index (κ1) is 11.5. The van der Waals surface area contributed by atoms with Crippen LogP contribution in [0.2, 0.25) is 0 Å². The molecule has 2 rings (SSSR count). The highest BCUT2D eigenvalue weighted by Crippen LogP contribution is 2.36. The fraction of sp³-hybridized carbons (Fsp3) is 0.909. The van der Waals surface area contributed by atoms with Crippen LogP contribution in [0.3, 0.4) is 0 Å². The van der Waals surface area contributed by atoms with E-state index in [1.807, 2.05) is 0 Å². The normalized spacial score (nSPS) is 20.6. The number of nitrogens with zero attached hydrogens (tertiary/aromatic N) is 4. The minimum atomic E-state index is 0.222. The van der Waals surface area contributed by atoms with Crippen molar-refractivity contribution in [3.8, 4) is 0 Å². The van der Waals surface area contributed by atoms with Gasteiger partial charge in [-0.2, -0.15) is 4.80 Å². The molecule has 0 radical (unpaired) electrons. The standard InChI is InChI=1S/C11H21N5/c1-16-14-10(13-15-16)8-11(9-12)6-4-2-3-5-7-11/h2-9,12H2,1H3. The Bertz CT molecular complexity index is 325. The average molecular weight is 223 g/mol. The fourth-order valence-electron chi connectivity index (χ4n) is 2.66. The Morgan fingerprint density at radius 2 is 1.94 bits per heavy atom. The van der Waals surface area contributed by atoms with E-state index in [4.69, 9.17) is 5.73 Å². The molecule has 0 spiro atoms. The molecule has 0 aromatic carbocycles. The molecule has 1 aliphatic carbocycles. The molecule has 1 aromatic rings. The van der Waals surface area contributed by atoms with Crippen LogP contribution < -0.4 is 5.73 Å². The molecule has 1 saturated carbocycles. The van der Waals surface area contributed by atoms with Gasteiger partial charge >= 0.3 is 0 Å². The number of hydrogen-bond acceptors (Lipinski definition) is 4. The zero-order valence-corrected chi connectivity index (χ0v) is 10.0. The van der Waals surface area contributed by atoms with Crippen molar-refractivity contribution >= 4 is 0 Å². The predicted molar refractivity (Wildman–Crippen MR) is 61.7 cm³/mol. The van der Waals surface area contributed by atoms with Crippen molar-refractivity contribution in [3.05, 3.63) is 5.82 Å². The summed E-state index contributed by atoms with van der Waals surface area (Å²) in [5, 5.41) is 12.2. The lowest BCUT2D eigenvalue weighted by molar-refractivity contribution is 0.247. The second-order valence-corrected chi connectivity index (χ2v) is 4.99. The van der Waals surface area contributed by atoms with E-state index in [0.29, 0.717) is 0 Å². The third-order valence-electron chi connectivity index (χ3n) is 3.68. The van der Waals surface area contributed by atoms with E-state index in [9.17, 15) is 0 Å². The Hall–Kier alpha value is -0.970. The Labute approximate surface area is 96.4 Å². The monoisotopic (exact) mass is 223 g/mol. The van der Waals surface area contributed by atoms with Crippen molar-refractivity contribution in [2.24, 2.45) is 18.2 Å². The molecule has 90 valence electrons. The average Bonchev–Trinajstić information content (AvgIpc) is 2.54. The van der Waals surface area contributed by atoms with E-state index in [0.717, 1.165) is 18.8 Å². The fourth-order valence-corrected chi connectivity index (χ4v) is 2.66. The molecule has 1 aromatic heterocycles. The largest absolute Gasteiger partial charge is 0.330 e. The van der Waals surface area contributed by atoms with Crippen molar-refractivity contribution in [1.29, 1.82) is 0 Å². The zero-order chi connectivity index (χ0) is 11.4. The lowest BCUT2D eigenvalue weighted by Gasteiger charge is -2.29. The van der Waals surface area contributed by atoms with Gasteiger partial charge in [-0.15, -0.1) is 10.2 Å². The van der Waals surface area contributed by atoms with E-state index in [-0.39, 0.29) is 5.41 Å². The highest BCUT2D eigenvalue weighted by Gasteiger charge is 2.31. The topological polar surface area (TPSA) is 69.6 Å². The number of nitrogens with two attached hydrogens (primary N) is 1. The van der Waals surface area contributed by atoms with Crippen LogP contribution in [-0.2, 0) is 13.5 Å². The van der Waals surface area contributed by atoms with Crippen molar-refractivity contribution < 1.29 is 0 Å². The molecule has 16 heavy (non-hydrogen) atoms. The number of rotatable bonds is 3. The molecule has 0 atom stereocenters. The summed E-state index contributed by atoms with van der Waals surface area (Å²) >= 11 is 0. The smallest absolute Gasteiger partial charge is 0.175 e. The molecule has 1 aliphatic rings. The van der Waals surface area contributed by atoms with Crippen LogP contribution in [0.4, 0.5) is 0 Å². The van der Waals surface area contributed by atoms with E-state index < -0.39 is 0 Å². The van der Waals surface area contributed by atoms with Gasteiger partial charge in [0.15, 0.2) is 5.82 Å². The van der Waals surface area contributed by atoms with Crippen molar-refractivity contribution in [2.75, 3.05) is 6.54 Å².